The van der Waals surface area contributed by atoms with Crippen LogP contribution in [0.15, 0.2) is 16.7 Å². The number of piperidine rings is 1. The molecule has 0 bridgehead atoms. The lowest BCUT2D eigenvalue weighted by atomic mass is 9.91. The highest BCUT2D eigenvalue weighted by Gasteiger charge is 2.25. The van der Waals surface area contributed by atoms with Gasteiger partial charge in [-0.05, 0) is 50.8 Å². The highest BCUT2D eigenvalue weighted by molar-refractivity contribution is 5.76. The zero-order valence-electron chi connectivity index (χ0n) is 11.3. The number of hydrogen-bond donors (Lipinski definition) is 2. The van der Waals surface area contributed by atoms with Crippen molar-refractivity contribution < 1.29 is 9.21 Å². The molecular formula is C15H22N2O2. The zero-order chi connectivity index (χ0) is 13.1. The number of aryl methyl sites for hydroxylation is 1. The Morgan fingerprint density at radius 2 is 2.21 bits per heavy atom. The Labute approximate surface area is 113 Å². The molecule has 1 aliphatic carbocycles. The van der Waals surface area contributed by atoms with E-state index in [4.69, 9.17) is 4.42 Å². The van der Waals surface area contributed by atoms with Crippen molar-refractivity contribution in [3.05, 3.63) is 23.7 Å². The third kappa shape index (κ3) is 3.00. The van der Waals surface area contributed by atoms with Crippen LogP contribution < -0.4 is 10.6 Å². The van der Waals surface area contributed by atoms with Gasteiger partial charge in [-0.3, -0.25) is 4.79 Å². The molecule has 104 valence electrons. The SMILES string of the molecule is O=C(CC1CCNCC1)NC1CCCc2occc21. The van der Waals surface area contributed by atoms with Crippen molar-refractivity contribution in [2.24, 2.45) is 5.92 Å². The van der Waals surface area contributed by atoms with E-state index in [0.717, 1.165) is 51.0 Å². The largest absolute Gasteiger partial charge is 0.469 e. The van der Waals surface area contributed by atoms with Gasteiger partial charge in [0.15, 0.2) is 0 Å². The maximum Gasteiger partial charge on any atom is 0.220 e. The van der Waals surface area contributed by atoms with E-state index in [1.165, 1.54) is 5.56 Å². The van der Waals surface area contributed by atoms with Gasteiger partial charge < -0.3 is 15.1 Å². The first kappa shape index (κ1) is 12.7. The van der Waals surface area contributed by atoms with Crippen LogP contribution in [0.3, 0.4) is 0 Å². The summed E-state index contributed by atoms with van der Waals surface area (Å²) in [4.78, 5) is 12.1. The molecule has 4 heteroatoms. The van der Waals surface area contributed by atoms with Crippen molar-refractivity contribution in [3.8, 4) is 0 Å². The maximum absolute atomic E-state index is 12.1. The van der Waals surface area contributed by atoms with Crippen molar-refractivity contribution >= 4 is 5.91 Å². The van der Waals surface area contributed by atoms with Gasteiger partial charge in [0.2, 0.25) is 5.91 Å². The topological polar surface area (TPSA) is 54.3 Å². The highest BCUT2D eigenvalue weighted by Crippen LogP contribution is 2.30. The number of fused-ring (bicyclic) bond motifs is 1. The molecule has 1 aromatic rings. The second kappa shape index (κ2) is 5.78. The van der Waals surface area contributed by atoms with Gasteiger partial charge in [0.05, 0.1) is 12.3 Å². The molecule has 4 nitrogen and oxygen atoms in total. The smallest absolute Gasteiger partial charge is 0.220 e. The van der Waals surface area contributed by atoms with Crippen LogP contribution in [0.1, 0.15) is 49.5 Å². The maximum atomic E-state index is 12.1. The summed E-state index contributed by atoms with van der Waals surface area (Å²) in [6.07, 6.45) is 7.78. The Kier molecular flexibility index (Phi) is 3.87. The van der Waals surface area contributed by atoms with Crippen molar-refractivity contribution in [1.82, 2.24) is 10.6 Å². The molecule has 1 aromatic heterocycles. The molecular weight excluding hydrogens is 240 g/mol. The average molecular weight is 262 g/mol. The van der Waals surface area contributed by atoms with E-state index in [1.54, 1.807) is 6.26 Å². The summed E-state index contributed by atoms with van der Waals surface area (Å²) in [6, 6.07) is 2.17. The monoisotopic (exact) mass is 262 g/mol. The Balaban J connectivity index is 1.55. The number of furan rings is 1. The van der Waals surface area contributed by atoms with Crippen LogP contribution in [0.2, 0.25) is 0 Å². The Hall–Kier alpha value is -1.29. The lowest BCUT2D eigenvalue weighted by molar-refractivity contribution is -0.123. The molecule has 1 aliphatic heterocycles. The fourth-order valence-corrected chi connectivity index (χ4v) is 3.24. The quantitative estimate of drug-likeness (QED) is 0.877. The first-order valence-electron chi connectivity index (χ1n) is 7.39. The summed E-state index contributed by atoms with van der Waals surface area (Å²) >= 11 is 0. The Morgan fingerprint density at radius 3 is 3.05 bits per heavy atom. The zero-order valence-corrected chi connectivity index (χ0v) is 11.3. The van der Waals surface area contributed by atoms with Crippen LogP contribution in [0.25, 0.3) is 0 Å². The number of rotatable bonds is 3. The van der Waals surface area contributed by atoms with Crippen molar-refractivity contribution in [2.75, 3.05) is 13.1 Å². The minimum atomic E-state index is 0.164. The van der Waals surface area contributed by atoms with E-state index in [1.807, 2.05) is 6.07 Å². The molecule has 0 saturated carbocycles. The van der Waals surface area contributed by atoms with Crippen LogP contribution in [-0.4, -0.2) is 19.0 Å². The molecule has 0 radical (unpaired) electrons. The molecule has 1 atom stereocenters. The molecule has 0 aromatic carbocycles. The molecule has 2 aliphatic rings. The highest BCUT2D eigenvalue weighted by atomic mass is 16.3. The average Bonchev–Trinajstić information content (AvgIpc) is 2.89. The second-order valence-corrected chi connectivity index (χ2v) is 5.71. The molecule has 3 rings (SSSR count). The minimum Gasteiger partial charge on any atom is -0.469 e. The molecule has 1 unspecified atom stereocenters. The van der Waals surface area contributed by atoms with Crippen molar-refractivity contribution in [3.63, 3.8) is 0 Å². The van der Waals surface area contributed by atoms with Gasteiger partial charge in [-0.1, -0.05) is 0 Å². The minimum absolute atomic E-state index is 0.164. The number of nitrogens with one attached hydrogen (secondary N) is 2. The normalized spacial score (nSPS) is 23.9. The summed E-state index contributed by atoms with van der Waals surface area (Å²) in [7, 11) is 0. The predicted molar refractivity (Wildman–Crippen MR) is 72.7 cm³/mol. The van der Waals surface area contributed by atoms with E-state index in [9.17, 15) is 4.79 Å². The van der Waals surface area contributed by atoms with Crippen LogP contribution >= 0.6 is 0 Å². The fraction of sp³-hybridized carbons (Fsp3) is 0.667. The standard InChI is InChI=1S/C15H22N2O2/c18-15(10-11-4-7-16-8-5-11)17-13-2-1-3-14-12(13)6-9-19-14/h6,9,11,13,16H,1-5,7-8,10H2,(H,17,18). The number of hydrogen-bond acceptors (Lipinski definition) is 3. The molecule has 1 amide bonds. The van der Waals surface area contributed by atoms with Crippen molar-refractivity contribution in [1.29, 1.82) is 0 Å². The summed E-state index contributed by atoms with van der Waals surface area (Å²) in [6.45, 7) is 2.10. The fourth-order valence-electron chi connectivity index (χ4n) is 3.24. The van der Waals surface area contributed by atoms with Gasteiger partial charge in [-0.15, -0.1) is 0 Å². The van der Waals surface area contributed by atoms with Gasteiger partial charge in [0.25, 0.3) is 0 Å². The lowest BCUT2D eigenvalue weighted by Gasteiger charge is -2.25. The summed E-state index contributed by atoms with van der Waals surface area (Å²) in [5.41, 5.74) is 1.19. The number of carbonyl (C=O) groups excluding carboxylic acids is 1. The van der Waals surface area contributed by atoms with Gasteiger partial charge in [0.1, 0.15) is 5.76 Å². The number of carbonyl (C=O) groups is 1. The van der Waals surface area contributed by atoms with Gasteiger partial charge >= 0.3 is 0 Å². The summed E-state index contributed by atoms with van der Waals surface area (Å²) in [5, 5.41) is 6.52. The lowest BCUT2D eigenvalue weighted by Crippen LogP contribution is -2.34. The Bertz CT molecular complexity index is 435. The third-order valence-corrected chi connectivity index (χ3v) is 4.32. The summed E-state index contributed by atoms with van der Waals surface area (Å²) < 4.78 is 5.46. The van der Waals surface area contributed by atoms with E-state index < -0.39 is 0 Å². The van der Waals surface area contributed by atoms with Gasteiger partial charge in [0, 0.05) is 18.4 Å². The van der Waals surface area contributed by atoms with Gasteiger partial charge in [-0.2, -0.15) is 0 Å². The molecule has 0 spiro atoms. The first-order valence-corrected chi connectivity index (χ1v) is 7.39. The van der Waals surface area contributed by atoms with Crippen LogP contribution in [0.5, 0.6) is 0 Å². The summed E-state index contributed by atoms with van der Waals surface area (Å²) in [5.74, 6) is 1.80. The molecule has 19 heavy (non-hydrogen) atoms. The van der Waals surface area contributed by atoms with Crippen LogP contribution in [-0.2, 0) is 11.2 Å². The van der Waals surface area contributed by atoms with E-state index in [2.05, 4.69) is 10.6 Å². The van der Waals surface area contributed by atoms with Crippen LogP contribution in [0, 0.1) is 5.92 Å². The van der Waals surface area contributed by atoms with E-state index >= 15 is 0 Å². The molecule has 2 N–H and O–H groups in total. The Morgan fingerprint density at radius 1 is 1.37 bits per heavy atom. The van der Waals surface area contributed by atoms with Crippen LogP contribution in [0.4, 0.5) is 0 Å². The van der Waals surface area contributed by atoms with Gasteiger partial charge in [-0.25, -0.2) is 0 Å². The second-order valence-electron chi connectivity index (χ2n) is 5.71. The third-order valence-electron chi connectivity index (χ3n) is 4.32. The molecule has 2 heterocycles. The molecule has 1 fully saturated rings. The molecule has 1 saturated heterocycles. The number of amides is 1. The predicted octanol–water partition coefficient (Wildman–Crippen LogP) is 2.16. The first-order chi connectivity index (χ1) is 9.33. The van der Waals surface area contributed by atoms with E-state index in [-0.39, 0.29) is 11.9 Å². The van der Waals surface area contributed by atoms with E-state index in [0.29, 0.717) is 12.3 Å². The van der Waals surface area contributed by atoms with Crippen molar-refractivity contribution in [2.45, 2.75) is 44.6 Å².